The van der Waals surface area contributed by atoms with Gasteiger partial charge in [0, 0.05) is 12.8 Å². The molecule has 0 fully saturated rings. The minimum atomic E-state index is -1.96. The fourth-order valence-corrected chi connectivity index (χ4v) is 5.65. The van der Waals surface area contributed by atoms with Crippen LogP contribution in [0.1, 0.15) is 43.2 Å². The third kappa shape index (κ3) is 18.6. The number of carboxylic acids is 1. The number of primary amides is 4. The molecule has 0 saturated carbocycles. The minimum absolute atomic E-state index is 0.0393. The zero-order chi connectivity index (χ0) is 47.4. The molecule has 0 saturated heterocycles. The summed E-state index contributed by atoms with van der Waals surface area (Å²) in [5, 5.41) is 42.0. The predicted molar refractivity (Wildman–Crippen MR) is 216 cm³/mol. The van der Waals surface area contributed by atoms with Crippen molar-refractivity contribution in [3.05, 3.63) is 65.7 Å². The van der Waals surface area contributed by atoms with Gasteiger partial charge in [-0.15, -0.1) is 0 Å². The molecule has 2 rings (SSSR count). The lowest BCUT2D eigenvalue weighted by Gasteiger charge is -2.26. The Balaban J connectivity index is 2.28. The number of rotatable bonds is 27. The van der Waals surface area contributed by atoms with Gasteiger partial charge in [-0.2, -0.15) is 0 Å². The van der Waals surface area contributed by atoms with E-state index in [4.69, 9.17) is 28.7 Å². The first-order valence-corrected chi connectivity index (χ1v) is 19.0. The molecule has 0 bridgehead atoms. The zero-order valence-electron chi connectivity index (χ0n) is 33.6. The van der Waals surface area contributed by atoms with E-state index < -0.39 is 146 Å². The van der Waals surface area contributed by atoms with Gasteiger partial charge >= 0.3 is 5.97 Å². The van der Waals surface area contributed by atoms with Crippen molar-refractivity contribution in [2.24, 2.45) is 28.7 Å². The number of phenols is 1. The van der Waals surface area contributed by atoms with Gasteiger partial charge in [0.2, 0.25) is 59.1 Å². The van der Waals surface area contributed by atoms with E-state index in [0.717, 1.165) is 0 Å². The number of carbonyl (C=O) groups is 11. The number of nitrogens with two attached hydrogens (primary N) is 5. The molecule has 0 unspecified atom stereocenters. The predicted octanol–water partition coefficient (Wildman–Crippen LogP) is -6.62. The third-order valence-corrected chi connectivity index (χ3v) is 8.87. The van der Waals surface area contributed by atoms with Gasteiger partial charge in [0.05, 0.1) is 31.9 Å². The van der Waals surface area contributed by atoms with Crippen LogP contribution in [-0.2, 0) is 65.6 Å². The lowest BCUT2D eigenvalue weighted by molar-refractivity contribution is -0.142. The molecule has 342 valence electrons. The second kappa shape index (κ2) is 25.2. The SMILES string of the molecule is NC(=O)CC[C@H](NC(=O)[C@H](CC(N)=O)NC(=O)[C@H](CO)NC(=O)[C@@H](N)Cc1ccc(O)cc1)C(=O)N[C@@H](CC(N)=O)C(=O)N[C@@H](CC(N)=O)C(=O)N[C@@H](Cc1ccccc1)C(=O)O. The molecule has 10 amide bonds. The maximum atomic E-state index is 13.6. The van der Waals surface area contributed by atoms with Crippen LogP contribution in [-0.4, -0.2) is 129 Å². The molecule has 63 heavy (non-hydrogen) atoms. The Labute approximate surface area is 358 Å². The van der Waals surface area contributed by atoms with E-state index in [1.807, 2.05) is 0 Å². The molecule has 19 N–H and O–H groups in total. The van der Waals surface area contributed by atoms with Gasteiger partial charge in [-0.1, -0.05) is 42.5 Å². The zero-order valence-corrected chi connectivity index (χ0v) is 33.6. The Morgan fingerprint density at radius 1 is 0.476 bits per heavy atom. The highest BCUT2D eigenvalue weighted by atomic mass is 16.4. The number of aliphatic hydroxyl groups is 1. The van der Waals surface area contributed by atoms with E-state index >= 15 is 0 Å². The van der Waals surface area contributed by atoms with Gasteiger partial charge in [0.15, 0.2) is 0 Å². The molecular formula is C38H51N11O14. The molecule has 2 aromatic rings. The van der Waals surface area contributed by atoms with Crippen molar-refractivity contribution in [3.8, 4) is 5.75 Å². The molecule has 0 spiro atoms. The van der Waals surface area contributed by atoms with Crippen LogP contribution in [0.4, 0.5) is 0 Å². The highest BCUT2D eigenvalue weighted by Crippen LogP contribution is 2.11. The first-order chi connectivity index (χ1) is 29.6. The number of benzene rings is 2. The van der Waals surface area contributed by atoms with Gasteiger partial charge in [0.1, 0.15) is 42.0 Å². The standard InChI is InChI=1S/C38H51N11O14/c39-21(12-19-6-8-20(51)9-7-19)32(56)49-27(17-50)37(61)47-23(14-29(41)53)34(58)44-22(10-11-28(40)52)33(57)45-24(15-30(42)54)35(59)46-25(16-31(43)55)36(60)48-26(38(62)63)13-18-4-2-1-3-5-18/h1-9,21-27,50-51H,10-17,39H2,(H2,40,52)(H2,41,53)(H2,42,54)(H2,43,55)(H,44,58)(H,45,57)(H,46,59)(H,47,61)(H,48,60)(H,49,56)(H,62,63)/t21-,22-,23-,24-,25-,26-,27-/m0/s1. The fraction of sp³-hybridized carbons (Fsp3) is 0.395. The van der Waals surface area contributed by atoms with E-state index in [9.17, 15) is 68.1 Å². The number of phenolic OH excluding ortho intramolecular Hbond substituents is 1. The van der Waals surface area contributed by atoms with Crippen molar-refractivity contribution in [2.75, 3.05) is 6.61 Å². The van der Waals surface area contributed by atoms with Crippen LogP contribution in [0.3, 0.4) is 0 Å². The molecular weight excluding hydrogens is 834 g/mol. The molecule has 0 heterocycles. The second-order valence-electron chi connectivity index (χ2n) is 14.1. The Kier molecular flexibility index (Phi) is 20.6. The average Bonchev–Trinajstić information content (AvgIpc) is 3.20. The minimum Gasteiger partial charge on any atom is -0.508 e. The molecule has 0 aliphatic carbocycles. The topological polar surface area (TPSA) is 451 Å². The van der Waals surface area contributed by atoms with Gasteiger partial charge in [-0.05, 0) is 36.1 Å². The number of aliphatic carboxylic acids is 1. The Morgan fingerprint density at radius 3 is 1.27 bits per heavy atom. The number of aromatic hydroxyl groups is 1. The van der Waals surface area contributed by atoms with Crippen molar-refractivity contribution in [1.29, 1.82) is 0 Å². The number of aliphatic hydroxyl groups excluding tert-OH is 1. The summed E-state index contributed by atoms with van der Waals surface area (Å²) >= 11 is 0. The summed E-state index contributed by atoms with van der Waals surface area (Å²) in [5.41, 5.74) is 28.1. The summed E-state index contributed by atoms with van der Waals surface area (Å²) in [6, 6.07) is 1.70. The Hall–Kier alpha value is -7.67. The quantitative estimate of drug-likeness (QED) is 0.0397. The van der Waals surface area contributed by atoms with E-state index in [1.165, 1.54) is 24.3 Å². The number of carbonyl (C=O) groups excluding carboxylic acids is 10. The van der Waals surface area contributed by atoms with Crippen molar-refractivity contribution in [2.45, 2.75) is 87.2 Å². The lowest BCUT2D eigenvalue weighted by atomic mass is 10.0. The third-order valence-electron chi connectivity index (χ3n) is 8.87. The summed E-state index contributed by atoms with van der Waals surface area (Å²) in [5.74, 6) is -13.2. The molecule has 25 nitrogen and oxygen atoms in total. The summed E-state index contributed by atoms with van der Waals surface area (Å²) in [6.07, 6.45) is -4.21. The molecule has 0 aliphatic rings. The van der Waals surface area contributed by atoms with Crippen LogP contribution < -0.4 is 60.6 Å². The van der Waals surface area contributed by atoms with Crippen molar-refractivity contribution < 1.29 is 68.1 Å². The van der Waals surface area contributed by atoms with E-state index in [0.29, 0.717) is 11.1 Å². The van der Waals surface area contributed by atoms with Crippen LogP contribution in [0, 0.1) is 0 Å². The largest absolute Gasteiger partial charge is 0.508 e. The molecule has 25 heteroatoms. The van der Waals surface area contributed by atoms with Gasteiger partial charge < -0.3 is 75.9 Å². The number of hydrogen-bond donors (Lipinski definition) is 14. The highest BCUT2D eigenvalue weighted by Gasteiger charge is 2.35. The molecule has 0 radical (unpaired) electrons. The first kappa shape index (κ1) is 51.5. The maximum absolute atomic E-state index is 13.6. The number of nitrogens with one attached hydrogen (secondary N) is 6. The number of hydrogen-bond acceptors (Lipinski definition) is 14. The average molecular weight is 886 g/mol. The molecule has 2 aromatic carbocycles. The van der Waals surface area contributed by atoms with Gasteiger partial charge in [0.25, 0.3) is 0 Å². The molecule has 0 aliphatic heterocycles. The van der Waals surface area contributed by atoms with E-state index in [1.54, 1.807) is 30.3 Å². The van der Waals surface area contributed by atoms with Crippen LogP contribution in [0.5, 0.6) is 5.75 Å². The lowest BCUT2D eigenvalue weighted by Crippen LogP contribution is -2.61. The summed E-state index contributed by atoms with van der Waals surface area (Å²) < 4.78 is 0. The van der Waals surface area contributed by atoms with Crippen LogP contribution in [0.2, 0.25) is 0 Å². The number of amides is 10. The smallest absolute Gasteiger partial charge is 0.326 e. The van der Waals surface area contributed by atoms with Crippen LogP contribution in [0.15, 0.2) is 54.6 Å². The monoisotopic (exact) mass is 885 g/mol. The van der Waals surface area contributed by atoms with Gasteiger partial charge in [-0.3, -0.25) is 47.9 Å². The summed E-state index contributed by atoms with van der Waals surface area (Å²) in [6.45, 7) is -1.03. The van der Waals surface area contributed by atoms with Crippen LogP contribution >= 0.6 is 0 Å². The van der Waals surface area contributed by atoms with Crippen LogP contribution in [0.25, 0.3) is 0 Å². The molecule has 0 aromatic heterocycles. The van der Waals surface area contributed by atoms with Gasteiger partial charge in [-0.25, -0.2) is 4.79 Å². The highest BCUT2D eigenvalue weighted by molar-refractivity contribution is 6.00. The second-order valence-corrected chi connectivity index (χ2v) is 14.1. The van der Waals surface area contributed by atoms with Crippen molar-refractivity contribution in [1.82, 2.24) is 31.9 Å². The number of carboxylic acid groups (broad SMARTS) is 1. The Morgan fingerprint density at radius 2 is 0.857 bits per heavy atom. The normalized spacial score (nSPS) is 14.1. The first-order valence-electron chi connectivity index (χ1n) is 19.0. The van der Waals surface area contributed by atoms with Crippen molar-refractivity contribution >= 4 is 65.0 Å². The maximum Gasteiger partial charge on any atom is 0.326 e. The fourth-order valence-electron chi connectivity index (χ4n) is 5.65. The summed E-state index contributed by atoms with van der Waals surface area (Å²) in [4.78, 5) is 139. The van der Waals surface area contributed by atoms with Crippen molar-refractivity contribution in [3.63, 3.8) is 0 Å². The van der Waals surface area contributed by atoms with E-state index in [-0.39, 0.29) is 18.6 Å². The summed E-state index contributed by atoms with van der Waals surface area (Å²) in [7, 11) is 0. The Bertz CT molecular complexity index is 2000. The van der Waals surface area contributed by atoms with E-state index in [2.05, 4.69) is 31.9 Å². The molecule has 7 atom stereocenters.